The summed E-state index contributed by atoms with van der Waals surface area (Å²) in [5.41, 5.74) is 2.68. The van der Waals surface area contributed by atoms with Crippen LogP contribution < -0.4 is 10.1 Å². The van der Waals surface area contributed by atoms with Crippen molar-refractivity contribution in [2.75, 3.05) is 13.7 Å². The number of carbonyl (C=O) groups is 3. The minimum Gasteiger partial charge on any atom is -0.497 e. The molecule has 1 N–H and O–H groups in total. The molecule has 7 heteroatoms. The number of amides is 1. The Balaban J connectivity index is 1.89. The van der Waals surface area contributed by atoms with Crippen molar-refractivity contribution in [1.82, 2.24) is 10.2 Å². The smallest absolute Gasteiger partial charge is 0.338 e. The Morgan fingerprint density at radius 1 is 1.06 bits per heavy atom. The topological polar surface area (TPSA) is 84.9 Å². The number of hydrogen-bond donors (Lipinski definition) is 1. The van der Waals surface area contributed by atoms with Crippen LogP contribution in [0.1, 0.15) is 48.7 Å². The highest BCUT2D eigenvalue weighted by molar-refractivity contribution is 6.10. The van der Waals surface area contributed by atoms with Crippen molar-refractivity contribution in [3.8, 4) is 5.75 Å². The summed E-state index contributed by atoms with van der Waals surface area (Å²) >= 11 is 0. The van der Waals surface area contributed by atoms with E-state index in [2.05, 4.69) is 5.32 Å². The number of ether oxygens (including phenoxy) is 2. The van der Waals surface area contributed by atoms with E-state index in [1.54, 1.807) is 45.2 Å². The first-order valence-electron chi connectivity index (χ1n) is 10.9. The number of benzene rings is 2. The van der Waals surface area contributed by atoms with Gasteiger partial charge in [-0.05, 0) is 38.0 Å². The molecule has 2 aromatic carbocycles. The lowest BCUT2D eigenvalue weighted by Gasteiger charge is -2.43. The molecule has 33 heavy (non-hydrogen) atoms. The summed E-state index contributed by atoms with van der Waals surface area (Å²) in [5.74, 6) is 0.267. The molecule has 0 bridgehead atoms. The molecule has 4 rings (SSSR count). The van der Waals surface area contributed by atoms with E-state index in [4.69, 9.17) is 9.47 Å². The van der Waals surface area contributed by atoms with E-state index >= 15 is 0 Å². The van der Waals surface area contributed by atoms with Crippen LogP contribution in [0.4, 0.5) is 0 Å². The average Bonchev–Trinajstić information content (AvgIpc) is 2.84. The highest BCUT2D eigenvalue weighted by Crippen LogP contribution is 2.41. The van der Waals surface area contributed by atoms with Gasteiger partial charge in [0, 0.05) is 23.3 Å². The van der Waals surface area contributed by atoms with Crippen molar-refractivity contribution in [2.45, 2.75) is 32.7 Å². The third-order valence-corrected chi connectivity index (χ3v) is 5.86. The van der Waals surface area contributed by atoms with Gasteiger partial charge in [-0.25, -0.2) is 4.79 Å². The number of fused-ring (bicyclic) bond motifs is 1. The number of ketones is 1. The molecule has 0 aliphatic carbocycles. The summed E-state index contributed by atoms with van der Waals surface area (Å²) in [5, 5.41) is 3.18. The largest absolute Gasteiger partial charge is 0.497 e. The number of carbonyl (C=O) groups excluding carboxylic acids is 3. The second-order valence-electron chi connectivity index (χ2n) is 7.85. The highest BCUT2D eigenvalue weighted by atomic mass is 16.5. The summed E-state index contributed by atoms with van der Waals surface area (Å²) in [4.78, 5) is 41.1. The van der Waals surface area contributed by atoms with E-state index in [0.29, 0.717) is 40.4 Å². The molecule has 1 atom stereocenters. The van der Waals surface area contributed by atoms with Crippen molar-refractivity contribution in [3.05, 3.63) is 88.4 Å². The Hall–Kier alpha value is -3.87. The molecule has 1 amide bonds. The Morgan fingerprint density at radius 2 is 1.76 bits per heavy atom. The first-order valence-corrected chi connectivity index (χ1v) is 10.9. The highest BCUT2D eigenvalue weighted by Gasteiger charge is 2.43. The molecule has 2 aliphatic rings. The van der Waals surface area contributed by atoms with E-state index in [1.807, 2.05) is 30.3 Å². The lowest BCUT2D eigenvalue weighted by molar-refractivity contribution is -0.140. The van der Waals surface area contributed by atoms with Gasteiger partial charge in [0.2, 0.25) is 5.91 Å². The van der Waals surface area contributed by atoms with Crippen LogP contribution in [0.25, 0.3) is 0 Å². The number of hydrogen-bond acceptors (Lipinski definition) is 6. The molecule has 0 radical (unpaired) electrons. The van der Waals surface area contributed by atoms with Crippen molar-refractivity contribution in [1.29, 1.82) is 0 Å². The predicted molar refractivity (Wildman–Crippen MR) is 122 cm³/mol. The number of methoxy groups -OCH3 is 1. The first-order chi connectivity index (χ1) is 16.0. The maximum absolute atomic E-state index is 13.4. The SMILES string of the molecule is CCOC(=O)C1=C(C)NC2=C(C(=O)c3ccccc3)CCC(=O)N2[C@H]1c1ccc(OC)cc1. The molecular formula is C26H26N2O5. The Labute approximate surface area is 192 Å². The average molecular weight is 447 g/mol. The third-order valence-electron chi connectivity index (χ3n) is 5.86. The normalized spacial score (nSPS) is 18.0. The molecular weight excluding hydrogens is 420 g/mol. The van der Waals surface area contributed by atoms with Gasteiger partial charge in [-0.3, -0.25) is 14.5 Å². The molecule has 7 nitrogen and oxygen atoms in total. The van der Waals surface area contributed by atoms with Gasteiger partial charge in [0.25, 0.3) is 0 Å². The van der Waals surface area contributed by atoms with Crippen LogP contribution in [0, 0.1) is 0 Å². The molecule has 0 saturated carbocycles. The second-order valence-corrected chi connectivity index (χ2v) is 7.85. The van der Waals surface area contributed by atoms with E-state index in [1.165, 1.54) is 4.90 Å². The fourth-order valence-electron chi connectivity index (χ4n) is 4.29. The van der Waals surface area contributed by atoms with Crippen LogP contribution in [0.5, 0.6) is 5.75 Å². The summed E-state index contributed by atoms with van der Waals surface area (Å²) in [7, 11) is 1.57. The summed E-state index contributed by atoms with van der Waals surface area (Å²) in [6.45, 7) is 3.70. The molecule has 0 spiro atoms. The molecule has 2 heterocycles. The van der Waals surface area contributed by atoms with Gasteiger partial charge >= 0.3 is 5.97 Å². The predicted octanol–water partition coefficient (Wildman–Crippen LogP) is 3.89. The van der Waals surface area contributed by atoms with Crippen LogP contribution >= 0.6 is 0 Å². The van der Waals surface area contributed by atoms with Crippen LogP contribution in [-0.4, -0.2) is 36.3 Å². The molecule has 0 unspecified atom stereocenters. The van der Waals surface area contributed by atoms with Crippen LogP contribution in [0.3, 0.4) is 0 Å². The van der Waals surface area contributed by atoms with E-state index < -0.39 is 12.0 Å². The first kappa shape index (κ1) is 22.3. The van der Waals surface area contributed by atoms with Crippen LogP contribution in [0.2, 0.25) is 0 Å². The standard InChI is InChI=1S/C26H26N2O5/c1-4-33-26(31)22-16(2)27-25-20(24(30)18-8-6-5-7-9-18)14-15-21(29)28(25)23(22)17-10-12-19(32-3)13-11-17/h5-13,23,27H,4,14-15H2,1-3H3/t23-/m0/s1. The van der Waals surface area contributed by atoms with Crippen LogP contribution in [-0.2, 0) is 14.3 Å². The van der Waals surface area contributed by atoms with Gasteiger partial charge in [-0.15, -0.1) is 0 Å². The van der Waals surface area contributed by atoms with Crippen molar-refractivity contribution in [2.24, 2.45) is 0 Å². The van der Waals surface area contributed by atoms with Crippen molar-refractivity contribution < 1.29 is 23.9 Å². The number of allylic oxidation sites excluding steroid dienone is 2. The van der Waals surface area contributed by atoms with Gasteiger partial charge in [0.15, 0.2) is 5.78 Å². The monoisotopic (exact) mass is 446 g/mol. The molecule has 0 aromatic heterocycles. The maximum Gasteiger partial charge on any atom is 0.338 e. The molecule has 2 aromatic rings. The van der Waals surface area contributed by atoms with Gasteiger partial charge in [-0.2, -0.15) is 0 Å². The third kappa shape index (κ3) is 4.14. The lowest BCUT2D eigenvalue weighted by atomic mass is 9.88. The molecule has 170 valence electrons. The van der Waals surface area contributed by atoms with Crippen LogP contribution in [0.15, 0.2) is 77.3 Å². The summed E-state index contributed by atoms with van der Waals surface area (Å²) in [6, 6.07) is 15.5. The maximum atomic E-state index is 13.4. The Kier molecular flexibility index (Phi) is 6.31. The van der Waals surface area contributed by atoms with E-state index in [0.717, 1.165) is 5.56 Å². The lowest BCUT2D eigenvalue weighted by Crippen LogP contribution is -2.49. The minimum atomic E-state index is -0.724. The van der Waals surface area contributed by atoms with Crippen molar-refractivity contribution in [3.63, 3.8) is 0 Å². The van der Waals surface area contributed by atoms with Gasteiger partial charge in [0.05, 0.1) is 25.3 Å². The molecule has 2 aliphatic heterocycles. The van der Waals surface area contributed by atoms with Gasteiger partial charge in [0.1, 0.15) is 11.6 Å². The zero-order valence-electron chi connectivity index (χ0n) is 18.9. The fourth-order valence-corrected chi connectivity index (χ4v) is 4.29. The van der Waals surface area contributed by atoms with Gasteiger partial charge in [-0.1, -0.05) is 42.5 Å². The molecule has 0 fully saturated rings. The van der Waals surface area contributed by atoms with E-state index in [9.17, 15) is 14.4 Å². The second kappa shape index (κ2) is 9.32. The van der Waals surface area contributed by atoms with Gasteiger partial charge < -0.3 is 14.8 Å². The van der Waals surface area contributed by atoms with E-state index in [-0.39, 0.29) is 24.7 Å². The number of Topliss-reactive ketones (excluding diaryl/α,β-unsaturated/α-hetero) is 1. The minimum absolute atomic E-state index is 0.142. The summed E-state index contributed by atoms with van der Waals surface area (Å²) in [6.07, 6.45) is 0.490. The number of nitrogens with one attached hydrogen (secondary N) is 1. The zero-order valence-corrected chi connectivity index (χ0v) is 18.9. The molecule has 0 saturated heterocycles. The van der Waals surface area contributed by atoms with Crippen molar-refractivity contribution >= 4 is 17.7 Å². The quantitative estimate of drug-likeness (QED) is 0.535. The zero-order chi connectivity index (χ0) is 23.5. The number of nitrogens with zero attached hydrogens (tertiary/aromatic N) is 1. The summed E-state index contributed by atoms with van der Waals surface area (Å²) < 4.78 is 10.6. The fraction of sp³-hybridized carbons (Fsp3) is 0.269. The Morgan fingerprint density at radius 3 is 2.39 bits per heavy atom. The Bertz CT molecular complexity index is 1150. The number of rotatable bonds is 6. The number of esters is 1.